The Morgan fingerprint density at radius 3 is 2.89 bits per heavy atom. The summed E-state index contributed by atoms with van der Waals surface area (Å²) in [4.78, 5) is 28.8. The van der Waals surface area contributed by atoms with E-state index in [2.05, 4.69) is 40.8 Å². The van der Waals surface area contributed by atoms with E-state index in [-0.39, 0.29) is 11.4 Å². The Morgan fingerprint density at radius 1 is 1.14 bits per heavy atom. The lowest BCUT2D eigenvalue weighted by Crippen LogP contribution is -2.11. The molecule has 0 bridgehead atoms. The zero-order valence-electron chi connectivity index (χ0n) is 19.9. The Kier molecular flexibility index (Phi) is 5.93. The summed E-state index contributed by atoms with van der Waals surface area (Å²) in [5.41, 5.74) is 6.04. The molecule has 1 amide bonds. The van der Waals surface area contributed by atoms with Gasteiger partial charge >= 0.3 is 0 Å². The molecule has 0 atom stereocenters. The SMILES string of the molecule is CCCCC(=O)Nc1cncc(-c2cc(F)c3n[nH]c(-c4nc5nccc(-c6ccsc6)c5[nH]4)c3c2)c1. The molecular formula is C27H22FN7OS. The van der Waals surface area contributed by atoms with Crippen molar-refractivity contribution in [3.05, 3.63) is 65.5 Å². The molecular weight excluding hydrogens is 489 g/mol. The minimum absolute atomic E-state index is 0.0696. The fourth-order valence-electron chi connectivity index (χ4n) is 4.34. The molecule has 1 aromatic carbocycles. The number of aromatic amines is 2. The number of unbranched alkanes of at least 4 members (excludes halogenated alkanes) is 1. The van der Waals surface area contributed by atoms with Gasteiger partial charge in [-0.1, -0.05) is 13.3 Å². The largest absolute Gasteiger partial charge is 0.335 e. The Bertz CT molecular complexity index is 1740. The van der Waals surface area contributed by atoms with Crippen LogP contribution in [0, 0.1) is 5.82 Å². The van der Waals surface area contributed by atoms with Crippen molar-refractivity contribution < 1.29 is 9.18 Å². The molecule has 0 fully saturated rings. The minimum atomic E-state index is -0.472. The zero-order chi connectivity index (χ0) is 25.4. The van der Waals surface area contributed by atoms with Crippen molar-refractivity contribution in [3.8, 4) is 33.8 Å². The van der Waals surface area contributed by atoms with Crippen molar-refractivity contribution in [2.45, 2.75) is 26.2 Å². The molecule has 5 heterocycles. The van der Waals surface area contributed by atoms with Gasteiger partial charge in [0.15, 0.2) is 17.3 Å². The smallest absolute Gasteiger partial charge is 0.224 e. The van der Waals surface area contributed by atoms with Crippen LogP contribution in [0.3, 0.4) is 0 Å². The van der Waals surface area contributed by atoms with Crippen LogP contribution in [0.25, 0.3) is 55.8 Å². The monoisotopic (exact) mass is 511 g/mol. The first-order chi connectivity index (χ1) is 18.1. The van der Waals surface area contributed by atoms with Crippen molar-refractivity contribution in [2.75, 3.05) is 5.32 Å². The fourth-order valence-corrected chi connectivity index (χ4v) is 4.99. The summed E-state index contributed by atoms with van der Waals surface area (Å²) < 4.78 is 15.2. The summed E-state index contributed by atoms with van der Waals surface area (Å²) >= 11 is 1.62. The lowest BCUT2D eigenvalue weighted by Gasteiger charge is -2.08. The molecule has 0 saturated carbocycles. The second-order valence-corrected chi connectivity index (χ2v) is 9.50. The van der Waals surface area contributed by atoms with Gasteiger partial charge in [-0.05, 0) is 58.6 Å². The van der Waals surface area contributed by atoms with Crippen LogP contribution in [0.5, 0.6) is 0 Å². The van der Waals surface area contributed by atoms with Crippen LogP contribution in [0.4, 0.5) is 10.1 Å². The van der Waals surface area contributed by atoms with Crippen molar-refractivity contribution >= 4 is 45.0 Å². The number of thiophene rings is 1. The topological polar surface area (TPSA) is 112 Å². The van der Waals surface area contributed by atoms with E-state index in [1.165, 1.54) is 6.07 Å². The number of carbonyl (C=O) groups excluding carboxylic acids is 1. The van der Waals surface area contributed by atoms with Crippen LogP contribution in [-0.4, -0.2) is 36.0 Å². The van der Waals surface area contributed by atoms with E-state index in [1.54, 1.807) is 36.0 Å². The van der Waals surface area contributed by atoms with Crippen molar-refractivity contribution in [2.24, 2.45) is 0 Å². The molecule has 0 aliphatic carbocycles. The molecule has 0 radical (unpaired) electrons. The summed E-state index contributed by atoms with van der Waals surface area (Å²) in [6.45, 7) is 2.04. The van der Waals surface area contributed by atoms with Crippen LogP contribution in [0.1, 0.15) is 26.2 Å². The van der Waals surface area contributed by atoms with Gasteiger partial charge in [-0.25, -0.2) is 14.4 Å². The van der Waals surface area contributed by atoms with Crippen molar-refractivity contribution in [3.63, 3.8) is 0 Å². The van der Waals surface area contributed by atoms with Crippen molar-refractivity contribution in [1.29, 1.82) is 0 Å². The lowest BCUT2D eigenvalue weighted by atomic mass is 10.0. The first-order valence-corrected chi connectivity index (χ1v) is 12.9. The van der Waals surface area contributed by atoms with Crippen LogP contribution in [-0.2, 0) is 4.79 Å². The number of aromatic nitrogens is 6. The molecule has 6 aromatic rings. The third-order valence-corrected chi connectivity index (χ3v) is 6.87. The second-order valence-electron chi connectivity index (χ2n) is 8.72. The average Bonchev–Trinajstić information content (AvgIpc) is 3.67. The van der Waals surface area contributed by atoms with Gasteiger partial charge in [0.1, 0.15) is 11.2 Å². The maximum Gasteiger partial charge on any atom is 0.224 e. The van der Waals surface area contributed by atoms with Crippen LogP contribution >= 0.6 is 11.3 Å². The highest BCUT2D eigenvalue weighted by atomic mass is 32.1. The van der Waals surface area contributed by atoms with Crippen LogP contribution in [0.15, 0.2) is 59.7 Å². The van der Waals surface area contributed by atoms with Gasteiger partial charge in [-0.15, -0.1) is 0 Å². The van der Waals surface area contributed by atoms with Crippen LogP contribution < -0.4 is 5.32 Å². The summed E-state index contributed by atoms with van der Waals surface area (Å²) in [6.07, 6.45) is 7.15. The maximum atomic E-state index is 15.2. The van der Waals surface area contributed by atoms with E-state index in [0.717, 1.165) is 29.5 Å². The molecule has 0 aliphatic heterocycles. The first-order valence-electron chi connectivity index (χ1n) is 11.9. The molecule has 8 nitrogen and oxygen atoms in total. The highest BCUT2D eigenvalue weighted by Gasteiger charge is 2.18. The number of H-pyrrole nitrogens is 2. The highest BCUT2D eigenvalue weighted by Crippen LogP contribution is 2.34. The number of halogens is 1. The van der Waals surface area contributed by atoms with E-state index < -0.39 is 5.82 Å². The minimum Gasteiger partial charge on any atom is -0.335 e. The molecule has 37 heavy (non-hydrogen) atoms. The number of rotatable bonds is 7. The first kappa shape index (κ1) is 23.0. The summed E-state index contributed by atoms with van der Waals surface area (Å²) in [5.74, 6) is -0.0280. The van der Waals surface area contributed by atoms with E-state index in [4.69, 9.17) is 0 Å². The van der Waals surface area contributed by atoms with E-state index in [1.807, 2.05) is 30.5 Å². The number of nitrogens with one attached hydrogen (secondary N) is 3. The predicted octanol–water partition coefficient (Wildman–Crippen LogP) is 6.56. The lowest BCUT2D eigenvalue weighted by molar-refractivity contribution is -0.116. The third-order valence-electron chi connectivity index (χ3n) is 6.19. The van der Waals surface area contributed by atoms with Gasteiger partial charge in [-0.3, -0.25) is 14.9 Å². The quantitative estimate of drug-likeness (QED) is 0.225. The molecule has 3 N–H and O–H groups in total. The maximum absolute atomic E-state index is 15.2. The fraction of sp³-hybridized carbons (Fsp3) is 0.148. The molecule has 184 valence electrons. The van der Waals surface area contributed by atoms with E-state index in [0.29, 0.717) is 45.8 Å². The van der Waals surface area contributed by atoms with E-state index in [9.17, 15) is 4.79 Å². The summed E-state index contributed by atoms with van der Waals surface area (Å²) in [7, 11) is 0. The van der Waals surface area contributed by atoms with Gasteiger partial charge in [0.2, 0.25) is 5.91 Å². The number of anilines is 1. The van der Waals surface area contributed by atoms with Gasteiger partial charge in [0.25, 0.3) is 0 Å². The number of hydrogen-bond acceptors (Lipinski definition) is 6. The van der Waals surface area contributed by atoms with Gasteiger partial charge in [0, 0.05) is 35.3 Å². The standard InChI is InChI=1S/C27H22FN7OS/c1-2-3-4-22(36)31-18-9-17(12-29-13-18)16-10-20-23(21(28)11-16)34-35-25(20)27-32-24-19(15-6-8-37-14-15)5-7-30-26(24)33-27/h5-14H,2-4H2,1H3,(H,31,36)(H,34,35)(H,30,32,33). The predicted molar refractivity (Wildman–Crippen MR) is 144 cm³/mol. The molecule has 0 aliphatic rings. The third kappa shape index (κ3) is 4.36. The number of carbonyl (C=O) groups is 1. The number of pyridine rings is 2. The molecule has 0 saturated heterocycles. The number of imidazole rings is 1. The second kappa shape index (κ2) is 9.55. The number of benzene rings is 1. The number of hydrogen-bond donors (Lipinski definition) is 3. The number of fused-ring (bicyclic) bond motifs is 2. The number of amides is 1. The molecule has 0 spiro atoms. The normalized spacial score (nSPS) is 11.4. The Morgan fingerprint density at radius 2 is 2.05 bits per heavy atom. The van der Waals surface area contributed by atoms with Gasteiger partial charge in [0.05, 0.1) is 17.4 Å². The van der Waals surface area contributed by atoms with E-state index >= 15 is 4.39 Å². The Balaban J connectivity index is 1.40. The molecule has 6 rings (SSSR count). The van der Waals surface area contributed by atoms with Crippen LogP contribution in [0.2, 0.25) is 0 Å². The zero-order valence-corrected chi connectivity index (χ0v) is 20.7. The number of nitrogens with zero attached hydrogens (tertiary/aromatic N) is 4. The Hall–Kier alpha value is -4.44. The summed E-state index contributed by atoms with van der Waals surface area (Å²) in [6, 6.07) is 9.03. The van der Waals surface area contributed by atoms with Gasteiger partial charge in [-0.2, -0.15) is 16.4 Å². The van der Waals surface area contributed by atoms with Crippen molar-refractivity contribution in [1.82, 2.24) is 30.1 Å². The summed E-state index contributed by atoms with van der Waals surface area (Å²) in [5, 5.41) is 14.7. The van der Waals surface area contributed by atoms with Gasteiger partial charge < -0.3 is 10.3 Å². The molecule has 10 heteroatoms. The molecule has 0 unspecified atom stereocenters. The Labute approximate surface area is 215 Å². The molecule has 5 aromatic heterocycles. The highest BCUT2D eigenvalue weighted by molar-refractivity contribution is 7.08. The average molecular weight is 512 g/mol.